The third-order valence-corrected chi connectivity index (χ3v) is 3.90. The Hall–Kier alpha value is -1.94. The number of carbonyl (C=O) groups is 1. The minimum atomic E-state index is -0.510. The molecule has 0 saturated heterocycles. The van der Waals surface area contributed by atoms with Gasteiger partial charge in [0.1, 0.15) is 5.69 Å². The number of benzene rings is 1. The number of aliphatic hydroxyl groups excluding tert-OH is 1. The van der Waals surface area contributed by atoms with E-state index in [2.05, 4.69) is 10.3 Å². The van der Waals surface area contributed by atoms with Crippen molar-refractivity contribution in [3.63, 3.8) is 0 Å². The first-order valence-corrected chi connectivity index (χ1v) is 7.47. The number of nitrogens with zero attached hydrogens (tertiary/aromatic N) is 1. The molecule has 2 aromatic rings. The largest absolute Gasteiger partial charge is 0.391 e. The molecule has 1 atom stereocenters. The lowest BCUT2D eigenvalue weighted by atomic mass is 9.96. The van der Waals surface area contributed by atoms with Gasteiger partial charge in [0.25, 0.3) is 5.91 Å². The van der Waals surface area contributed by atoms with E-state index in [0.717, 1.165) is 23.7 Å². The highest BCUT2D eigenvalue weighted by Crippen LogP contribution is 2.13. The lowest BCUT2D eigenvalue weighted by Crippen LogP contribution is -2.36. The van der Waals surface area contributed by atoms with Crippen molar-refractivity contribution < 1.29 is 9.90 Å². The summed E-state index contributed by atoms with van der Waals surface area (Å²) in [6, 6.07) is 11.3. The van der Waals surface area contributed by atoms with Crippen LogP contribution in [0.5, 0.6) is 0 Å². The van der Waals surface area contributed by atoms with Crippen LogP contribution in [0.25, 0.3) is 10.9 Å². The number of hydrogen-bond donors (Lipinski definition) is 2. The average Bonchev–Trinajstić information content (AvgIpc) is 2.53. The van der Waals surface area contributed by atoms with Gasteiger partial charge >= 0.3 is 0 Å². The van der Waals surface area contributed by atoms with Gasteiger partial charge in [-0.05, 0) is 18.1 Å². The van der Waals surface area contributed by atoms with Gasteiger partial charge in [0.15, 0.2) is 0 Å². The van der Waals surface area contributed by atoms with Crippen molar-refractivity contribution in [3.8, 4) is 0 Å². The molecule has 0 saturated carbocycles. The molecule has 2 rings (SSSR count). The van der Waals surface area contributed by atoms with Gasteiger partial charge in [0.2, 0.25) is 0 Å². The monoisotopic (exact) mass is 286 g/mol. The van der Waals surface area contributed by atoms with E-state index in [1.54, 1.807) is 6.07 Å². The standard InChI is InChI=1S/C17H22N2O2/c1-3-12(4-2)16(20)11-18-17(21)15-10-9-13-7-5-6-8-14(13)19-15/h5-10,12,16,20H,3-4,11H2,1-2H3,(H,18,21). The molecular weight excluding hydrogens is 264 g/mol. The summed E-state index contributed by atoms with van der Waals surface area (Å²) < 4.78 is 0. The highest BCUT2D eigenvalue weighted by atomic mass is 16.3. The summed E-state index contributed by atoms with van der Waals surface area (Å²) in [6.07, 6.45) is 1.30. The average molecular weight is 286 g/mol. The van der Waals surface area contributed by atoms with Gasteiger partial charge in [-0.15, -0.1) is 0 Å². The summed E-state index contributed by atoms with van der Waals surface area (Å²) in [5.41, 5.74) is 1.18. The van der Waals surface area contributed by atoms with Crippen molar-refractivity contribution in [1.29, 1.82) is 0 Å². The number of carbonyl (C=O) groups excluding carboxylic acids is 1. The molecule has 0 aliphatic heterocycles. The van der Waals surface area contributed by atoms with Crippen LogP contribution in [0.1, 0.15) is 37.2 Å². The van der Waals surface area contributed by atoms with E-state index in [4.69, 9.17) is 0 Å². The fourth-order valence-electron chi connectivity index (χ4n) is 2.48. The molecule has 0 radical (unpaired) electrons. The van der Waals surface area contributed by atoms with Crippen LogP contribution in [0.15, 0.2) is 36.4 Å². The summed E-state index contributed by atoms with van der Waals surface area (Å²) in [7, 11) is 0. The van der Waals surface area contributed by atoms with Crippen molar-refractivity contribution in [2.24, 2.45) is 5.92 Å². The van der Waals surface area contributed by atoms with E-state index in [9.17, 15) is 9.90 Å². The number of pyridine rings is 1. The summed E-state index contributed by atoms with van der Waals surface area (Å²) in [4.78, 5) is 16.5. The Kier molecular flexibility index (Phi) is 5.28. The van der Waals surface area contributed by atoms with Crippen molar-refractivity contribution >= 4 is 16.8 Å². The van der Waals surface area contributed by atoms with E-state index < -0.39 is 6.10 Å². The highest BCUT2D eigenvalue weighted by molar-refractivity contribution is 5.94. The van der Waals surface area contributed by atoms with Crippen molar-refractivity contribution in [2.75, 3.05) is 6.54 Å². The number of rotatable bonds is 6. The third-order valence-electron chi connectivity index (χ3n) is 3.90. The predicted molar refractivity (Wildman–Crippen MR) is 84.2 cm³/mol. The van der Waals surface area contributed by atoms with Crippen LogP contribution in [0, 0.1) is 5.92 Å². The molecule has 0 spiro atoms. The smallest absolute Gasteiger partial charge is 0.269 e. The SMILES string of the molecule is CCC(CC)C(O)CNC(=O)c1ccc2ccccc2n1. The van der Waals surface area contributed by atoms with E-state index >= 15 is 0 Å². The predicted octanol–water partition coefficient (Wildman–Crippen LogP) is 2.76. The number of fused-ring (bicyclic) bond motifs is 1. The maximum atomic E-state index is 12.1. The molecule has 0 aliphatic rings. The fourth-order valence-corrected chi connectivity index (χ4v) is 2.48. The first kappa shape index (κ1) is 15.4. The highest BCUT2D eigenvalue weighted by Gasteiger charge is 2.17. The van der Waals surface area contributed by atoms with E-state index in [1.807, 2.05) is 44.2 Å². The normalized spacial score (nSPS) is 12.6. The first-order chi connectivity index (χ1) is 10.2. The summed E-state index contributed by atoms with van der Waals surface area (Å²) in [5.74, 6) is -0.0272. The molecule has 4 heteroatoms. The second kappa shape index (κ2) is 7.18. The van der Waals surface area contributed by atoms with Crippen LogP contribution in [-0.2, 0) is 0 Å². The molecule has 0 aliphatic carbocycles. The maximum absolute atomic E-state index is 12.1. The van der Waals surface area contributed by atoms with Gasteiger partial charge < -0.3 is 10.4 Å². The zero-order chi connectivity index (χ0) is 15.2. The minimum Gasteiger partial charge on any atom is -0.391 e. The molecule has 1 aromatic carbocycles. The second-order valence-electron chi connectivity index (χ2n) is 5.24. The molecular formula is C17H22N2O2. The number of para-hydroxylation sites is 1. The molecule has 1 unspecified atom stereocenters. The van der Waals surface area contributed by atoms with Crippen LogP contribution in [0.4, 0.5) is 0 Å². The Morgan fingerprint density at radius 2 is 1.90 bits per heavy atom. The summed E-state index contributed by atoms with van der Waals surface area (Å²) >= 11 is 0. The van der Waals surface area contributed by atoms with Crippen molar-refractivity contribution in [1.82, 2.24) is 10.3 Å². The zero-order valence-corrected chi connectivity index (χ0v) is 12.5. The van der Waals surface area contributed by atoms with Crippen LogP contribution in [-0.4, -0.2) is 28.6 Å². The Morgan fingerprint density at radius 1 is 1.19 bits per heavy atom. The number of amides is 1. The molecule has 1 aromatic heterocycles. The van der Waals surface area contributed by atoms with Crippen LogP contribution in [0.3, 0.4) is 0 Å². The van der Waals surface area contributed by atoms with Crippen LogP contribution in [0.2, 0.25) is 0 Å². The van der Waals surface area contributed by atoms with Crippen LogP contribution >= 0.6 is 0 Å². The quantitative estimate of drug-likeness (QED) is 0.858. The molecule has 0 fully saturated rings. The zero-order valence-electron chi connectivity index (χ0n) is 12.5. The molecule has 112 valence electrons. The Morgan fingerprint density at radius 3 is 2.62 bits per heavy atom. The van der Waals surface area contributed by atoms with Gasteiger partial charge in [-0.1, -0.05) is 51.0 Å². The van der Waals surface area contributed by atoms with Gasteiger partial charge in [-0.3, -0.25) is 4.79 Å². The number of hydrogen-bond acceptors (Lipinski definition) is 3. The Bertz CT molecular complexity index is 609. The maximum Gasteiger partial charge on any atom is 0.269 e. The molecule has 2 N–H and O–H groups in total. The van der Waals surface area contributed by atoms with Crippen molar-refractivity contribution in [2.45, 2.75) is 32.8 Å². The molecule has 21 heavy (non-hydrogen) atoms. The fraction of sp³-hybridized carbons (Fsp3) is 0.412. The van der Waals surface area contributed by atoms with E-state index in [1.165, 1.54) is 0 Å². The van der Waals surface area contributed by atoms with E-state index in [0.29, 0.717) is 5.69 Å². The molecule has 1 heterocycles. The topological polar surface area (TPSA) is 62.2 Å². The lowest BCUT2D eigenvalue weighted by Gasteiger charge is -2.20. The molecule has 0 bridgehead atoms. The first-order valence-electron chi connectivity index (χ1n) is 7.47. The number of aliphatic hydroxyl groups is 1. The lowest BCUT2D eigenvalue weighted by molar-refractivity contribution is 0.0813. The second-order valence-corrected chi connectivity index (χ2v) is 5.24. The summed E-state index contributed by atoms with van der Waals surface area (Å²) in [6.45, 7) is 4.36. The Balaban J connectivity index is 2.02. The van der Waals surface area contributed by atoms with E-state index in [-0.39, 0.29) is 18.4 Å². The third kappa shape index (κ3) is 3.79. The minimum absolute atomic E-state index is 0.217. The Labute approximate surface area is 125 Å². The molecule has 4 nitrogen and oxygen atoms in total. The number of nitrogens with one attached hydrogen (secondary N) is 1. The van der Waals surface area contributed by atoms with Gasteiger partial charge in [-0.25, -0.2) is 4.98 Å². The van der Waals surface area contributed by atoms with Gasteiger partial charge in [0.05, 0.1) is 11.6 Å². The number of aromatic nitrogens is 1. The van der Waals surface area contributed by atoms with Gasteiger partial charge in [0, 0.05) is 11.9 Å². The van der Waals surface area contributed by atoms with Gasteiger partial charge in [-0.2, -0.15) is 0 Å². The van der Waals surface area contributed by atoms with Crippen LogP contribution < -0.4 is 5.32 Å². The molecule has 1 amide bonds. The summed E-state index contributed by atoms with van der Waals surface area (Å²) in [5, 5.41) is 13.8. The van der Waals surface area contributed by atoms with Crippen molar-refractivity contribution in [3.05, 3.63) is 42.1 Å².